The Labute approximate surface area is 131 Å². The Balaban J connectivity index is 1.60. The van der Waals surface area contributed by atoms with Crippen LogP contribution in [0.5, 0.6) is 11.5 Å². The fraction of sp³-hybridized carbons (Fsp3) is 0.263. The Bertz CT molecular complexity index is 692. The number of ether oxygens (including phenoxy) is 2. The summed E-state index contributed by atoms with van der Waals surface area (Å²) >= 11 is 0. The Morgan fingerprint density at radius 2 is 2.00 bits per heavy atom. The van der Waals surface area contributed by atoms with Gasteiger partial charge in [-0.25, -0.2) is 0 Å². The molecule has 0 saturated heterocycles. The van der Waals surface area contributed by atoms with Crippen molar-refractivity contribution in [3.8, 4) is 11.5 Å². The Morgan fingerprint density at radius 1 is 1.14 bits per heavy atom. The maximum Gasteiger partial charge on any atom is 0.231 e. The van der Waals surface area contributed by atoms with E-state index in [9.17, 15) is 0 Å². The van der Waals surface area contributed by atoms with Crippen LogP contribution in [0, 0.1) is 6.92 Å². The maximum atomic E-state index is 5.52. The van der Waals surface area contributed by atoms with Gasteiger partial charge in [-0.1, -0.05) is 48.0 Å². The Kier molecular flexibility index (Phi) is 4.45. The molecule has 2 aromatic rings. The first-order valence-electron chi connectivity index (χ1n) is 7.55. The Morgan fingerprint density at radius 3 is 2.86 bits per heavy atom. The zero-order valence-electron chi connectivity index (χ0n) is 13.1. The number of hydrogen-bond donors (Lipinski definition) is 1. The summed E-state index contributed by atoms with van der Waals surface area (Å²) in [6.07, 6.45) is 2.23. The smallest absolute Gasteiger partial charge is 0.231 e. The molecule has 22 heavy (non-hydrogen) atoms. The van der Waals surface area contributed by atoms with E-state index in [-0.39, 0.29) is 0 Å². The molecular formula is C19H21NO2. The monoisotopic (exact) mass is 295 g/mol. The molecule has 0 aromatic heterocycles. The molecule has 0 aliphatic carbocycles. The highest BCUT2D eigenvalue weighted by molar-refractivity contribution is 5.56. The lowest BCUT2D eigenvalue weighted by atomic mass is 10.1. The third-order valence-corrected chi connectivity index (χ3v) is 3.79. The van der Waals surface area contributed by atoms with Gasteiger partial charge >= 0.3 is 0 Å². The van der Waals surface area contributed by atoms with Crippen LogP contribution in [0.4, 0.5) is 0 Å². The summed E-state index contributed by atoms with van der Waals surface area (Å²) in [5.74, 6) is 1.71. The molecule has 0 radical (unpaired) electrons. The van der Waals surface area contributed by atoms with Gasteiger partial charge in [-0.3, -0.25) is 0 Å². The van der Waals surface area contributed by atoms with Gasteiger partial charge in [0, 0.05) is 18.7 Å². The molecule has 0 unspecified atom stereocenters. The third kappa shape index (κ3) is 3.31. The molecule has 0 fully saturated rings. The fourth-order valence-electron chi connectivity index (χ4n) is 2.59. The van der Waals surface area contributed by atoms with Gasteiger partial charge in [-0.2, -0.15) is 0 Å². The summed E-state index contributed by atoms with van der Waals surface area (Å²) in [5, 5.41) is 3.47. The van der Waals surface area contributed by atoms with Crippen molar-refractivity contribution in [2.75, 3.05) is 13.3 Å². The summed E-state index contributed by atoms with van der Waals surface area (Å²) in [6.45, 7) is 6.22. The summed E-state index contributed by atoms with van der Waals surface area (Å²) < 4.78 is 10.9. The minimum atomic E-state index is 0.318. The molecule has 0 atom stereocenters. The van der Waals surface area contributed by atoms with Crippen LogP contribution in [0.3, 0.4) is 0 Å². The van der Waals surface area contributed by atoms with Crippen molar-refractivity contribution in [1.29, 1.82) is 0 Å². The second-order valence-electron chi connectivity index (χ2n) is 5.60. The predicted molar refractivity (Wildman–Crippen MR) is 89.1 cm³/mol. The molecule has 1 N–H and O–H groups in total. The first kappa shape index (κ1) is 14.7. The second-order valence-corrected chi connectivity index (χ2v) is 5.60. The molecule has 0 saturated carbocycles. The van der Waals surface area contributed by atoms with E-state index in [4.69, 9.17) is 9.47 Å². The van der Waals surface area contributed by atoms with Crippen molar-refractivity contribution in [2.45, 2.75) is 20.4 Å². The van der Waals surface area contributed by atoms with Gasteiger partial charge in [0.05, 0.1) is 0 Å². The number of para-hydroxylation sites is 1. The number of hydrogen-bond acceptors (Lipinski definition) is 3. The first-order chi connectivity index (χ1) is 10.7. The van der Waals surface area contributed by atoms with Crippen LogP contribution in [0.25, 0.3) is 6.08 Å². The van der Waals surface area contributed by atoms with Crippen LogP contribution >= 0.6 is 0 Å². The van der Waals surface area contributed by atoms with E-state index in [0.717, 1.165) is 30.2 Å². The van der Waals surface area contributed by atoms with Crippen molar-refractivity contribution in [3.63, 3.8) is 0 Å². The number of benzene rings is 2. The molecule has 1 heterocycles. The van der Waals surface area contributed by atoms with Crippen molar-refractivity contribution in [1.82, 2.24) is 5.32 Å². The molecular weight excluding hydrogens is 274 g/mol. The largest absolute Gasteiger partial charge is 0.454 e. The summed E-state index contributed by atoms with van der Waals surface area (Å²) in [7, 11) is 0. The van der Waals surface area contributed by atoms with E-state index < -0.39 is 0 Å². The quantitative estimate of drug-likeness (QED) is 0.907. The zero-order valence-corrected chi connectivity index (χ0v) is 13.1. The van der Waals surface area contributed by atoms with Gasteiger partial charge in [0.2, 0.25) is 6.79 Å². The van der Waals surface area contributed by atoms with Crippen LogP contribution < -0.4 is 14.8 Å². The lowest BCUT2D eigenvalue weighted by Gasteiger charge is -2.08. The predicted octanol–water partition coefficient (Wildman–Crippen LogP) is 3.92. The van der Waals surface area contributed by atoms with Gasteiger partial charge in [0.25, 0.3) is 0 Å². The highest BCUT2D eigenvalue weighted by Gasteiger charge is 2.16. The van der Waals surface area contributed by atoms with Gasteiger partial charge in [-0.05, 0) is 31.0 Å². The minimum absolute atomic E-state index is 0.318. The second kappa shape index (κ2) is 6.67. The number of rotatable bonds is 5. The molecule has 3 rings (SSSR count). The van der Waals surface area contributed by atoms with Gasteiger partial charge in [-0.15, -0.1) is 0 Å². The number of fused-ring (bicyclic) bond motifs is 1. The topological polar surface area (TPSA) is 30.5 Å². The van der Waals surface area contributed by atoms with E-state index in [2.05, 4.69) is 55.6 Å². The van der Waals surface area contributed by atoms with E-state index in [1.807, 2.05) is 12.1 Å². The summed E-state index contributed by atoms with van der Waals surface area (Å²) in [4.78, 5) is 0. The number of aryl methyl sites for hydroxylation is 1. The van der Waals surface area contributed by atoms with Gasteiger partial charge < -0.3 is 14.8 Å². The molecule has 0 bridgehead atoms. The van der Waals surface area contributed by atoms with Crippen molar-refractivity contribution >= 4 is 6.08 Å². The standard InChI is InChI=1S/C19H21NO2/c1-14(10-16-7-4-3-6-15(16)2)11-20-12-17-8-5-9-18-19(17)22-13-21-18/h3-10,20H,11-13H2,1-2H3/b14-10+. The van der Waals surface area contributed by atoms with Crippen LogP contribution in [0.2, 0.25) is 0 Å². The van der Waals surface area contributed by atoms with Crippen LogP contribution in [0.1, 0.15) is 23.6 Å². The summed E-state index contributed by atoms with van der Waals surface area (Å²) in [5.41, 5.74) is 5.02. The zero-order chi connectivity index (χ0) is 15.4. The van der Waals surface area contributed by atoms with E-state index in [0.29, 0.717) is 6.79 Å². The molecule has 3 nitrogen and oxygen atoms in total. The van der Waals surface area contributed by atoms with Crippen molar-refractivity contribution < 1.29 is 9.47 Å². The molecule has 0 spiro atoms. The highest BCUT2D eigenvalue weighted by Crippen LogP contribution is 2.35. The van der Waals surface area contributed by atoms with E-state index in [1.165, 1.54) is 16.7 Å². The first-order valence-corrected chi connectivity index (χ1v) is 7.55. The molecule has 1 aliphatic rings. The van der Waals surface area contributed by atoms with Crippen molar-refractivity contribution in [2.24, 2.45) is 0 Å². The normalized spacial score (nSPS) is 13.5. The third-order valence-electron chi connectivity index (χ3n) is 3.79. The van der Waals surface area contributed by atoms with Gasteiger partial charge in [0.1, 0.15) is 0 Å². The summed E-state index contributed by atoms with van der Waals surface area (Å²) in [6, 6.07) is 14.4. The maximum absolute atomic E-state index is 5.52. The highest BCUT2D eigenvalue weighted by atomic mass is 16.7. The van der Waals surface area contributed by atoms with E-state index in [1.54, 1.807) is 0 Å². The van der Waals surface area contributed by atoms with Crippen molar-refractivity contribution in [3.05, 3.63) is 64.7 Å². The van der Waals surface area contributed by atoms with Crippen LogP contribution in [-0.2, 0) is 6.54 Å². The van der Waals surface area contributed by atoms with E-state index >= 15 is 0 Å². The lowest BCUT2D eigenvalue weighted by molar-refractivity contribution is 0.173. The molecule has 0 amide bonds. The molecule has 3 heteroatoms. The fourth-order valence-corrected chi connectivity index (χ4v) is 2.59. The average Bonchev–Trinajstić information content (AvgIpc) is 2.99. The number of nitrogens with one attached hydrogen (secondary N) is 1. The average molecular weight is 295 g/mol. The SMILES string of the molecule is C/C(=C\c1ccccc1C)CNCc1cccc2c1OCO2. The minimum Gasteiger partial charge on any atom is -0.454 e. The molecule has 1 aliphatic heterocycles. The van der Waals surface area contributed by atoms with Crippen LogP contribution in [-0.4, -0.2) is 13.3 Å². The molecule has 114 valence electrons. The molecule has 2 aromatic carbocycles. The lowest BCUT2D eigenvalue weighted by Crippen LogP contribution is -2.16. The Hall–Kier alpha value is -2.26. The van der Waals surface area contributed by atoms with Crippen LogP contribution in [0.15, 0.2) is 48.0 Å². The van der Waals surface area contributed by atoms with Gasteiger partial charge in [0.15, 0.2) is 11.5 Å².